The predicted molar refractivity (Wildman–Crippen MR) is 69.7 cm³/mol. The Bertz CT molecular complexity index is 685. The molecule has 0 spiro atoms. The van der Waals surface area contributed by atoms with Gasteiger partial charge in [-0.15, -0.1) is 0 Å². The fourth-order valence-corrected chi connectivity index (χ4v) is 1.80. The minimum atomic E-state index is 0.251. The van der Waals surface area contributed by atoms with Crippen molar-refractivity contribution in [2.75, 3.05) is 11.5 Å². The second-order valence-electron chi connectivity index (χ2n) is 4.05. The molecule has 2 heterocycles. The molecule has 3 rings (SSSR count). The molecular weight excluding hydrogens is 228 g/mol. The normalized spacial score (nSPS) is 10.9. The second-order valence-corrected chi connectivity index (χ2v) is 4.05. The van der Waals surface area contributed by atoms with E-state index in [0.717, 1.165) is 22.4 Å². The first-order valence-electron chi connectivity index (χ1n) is 5.50. The van der Waals surface area contributed by atoms with Gasteiger partial charge in [0.05, 0.1) is 19.1 Å². The van der Waals surface area contributed by atoms with Crippen molar-refractivity contribution >= 4 is 22.8 Å². The zero-order chi connectivity index (χ0) is 12.5. The van der Waals surface area contributed by atoms with Crippen molar-refractivity contribution in [1.82, 2.24) is 19.5 Å². The Morgan fingerprint density at radius 1 is 1.06 bits per heavy atom. The van der Waals surface area contributed by atoms with E-state index in [0.29, 0.717) is 6.54 Å². The van der Waals surface area contributed by atoms with E-state index in [2.05, 4.69) is 15.0 Å². The minimum absolute atomic E-state index is 0.251. The van der Waals surface area contributed by atoms with E-state index < -0.39 is 0 Å². The molecule has 0 aliphatic rings. The average molecular weight is 240 g/mol. The van der Waals surface area contributed by atoms with Gasteiger partial charge in [-0.25, -0.2) is 9.97 Å². The molecule has 0 aliphatic carbocycles. The monoisotopic (exact) mass is 240 g/mol. The number of nitrogen functional groups attached to an aromatic ring is 2. The van der Waals surface area contributed by atoms with E-state index in [1.54, 1.807) is 12.5 Å². The number of fused-ring (bicyclic) bond motifs is 1. The van der Waals surface area contributed by atoms with Crippen LogP contribution in [0.5, 0.6) is 0 Å². The first-order chi connectivity index (χ1) is 8.72. The first-order valence-corrected chi connectivity index (χ1v) is 5.50. The highest BCUT2D eigenvalue weighted by Crippen LogP contribution is 2.13. The molecule has 0 saturated carbocycles. The summed E-state index contributed by atoms with van der Waals surface area (Å²) >= 11 is 0. The number of nitrogens with two attached hydrogens (primary N) is 2. The van der Waals surface area contributed by atoms with Gasteiger partial charge in [-0.05, 0) is 17.7 Å². The standard InChI is InChI=1S/C12H12N6/c13-9-3-1-8(2-4-9)6-18-7-16-10-5-15-12(14)17-11(10)18/h1-5,7H,6,13H2,(H2,14,15,17). The van der Waals surface area contributed by atoms with Gasteiger partial charge >= 0.3 is 0 Å². The molecule has 0 bridgehead atoms. The summed E-state index contributed by atoms with van der Waals surface area (Å²) in [6, 6.07) is 7.70. The molecule has 18 heavy (non-hydrogen) atoms. The number of anilines is 2. The lowest BCUT2D eigenvalue weighted by molar-refractivity contribution is 0.814. The Labute approximate surface area is 103 Å². The van der Waals surface area contributed by atoms with Crippen LogP contribution in [0, 0.1) is 0 Å². The summed E-state index contributed by atoms with van der Waals surface area (Å²) in [5, 5.41) is 0. The zero-order valence-corrected chi connectivity index (χ0v) is 9.61. The Hall–Kier alpha value is -2.63. The molecule has 0 unspecified atom stereocenters. The van der Waals surface area contributed by atoms with Gasteiger partial charge in [-0.2, -0.15) is 4.98 Å². The van der Waals surface area contributed by atoms with Crippen molar-refractivity contribution in [3.63, 3.8) is 0 Å². The second kappa shape index (κ2) is 3.99. The number of nitrogens with zero attached hydrogens (tertiary/aromatic N) is 4. The van der Waals surface area contributed by atoms with Crippen molar-refractivity contribution in [2.45, 2.75) is 6.54 Å². The van der Waals surface area contributed by atoms with Crippen LogP contribution in [0.2, 0.25) is 0 Å². The molecule has 0 atom stereocenters. The summed E-state index contributed by atoms with van der Waals surface area (Å²) < 4.78 is 1.93. The summed E-state index contributed by atoms with van der Waals surface area (Å²) in [6.45, 7) is 0.674. The zero-order valence-electron chi connectivity index (χ0n) is 9.61. The van der Waals surface area contributed by atoms with Crippen LogP contribution in [0.1, 0.15) is 5.56 Å². The molecule has 6 nitrogen and oxygen atoms in total. The van der Waals surface area contributed by atoms with Crippen molar-refractivity contribution in [1.29, 1.82) is 0 Å². The van der Waals surface area contributed by atoms with Crippen LogP contribution in [-0.2, 0) is 6.54 Å². The maximum Gasteiger partial charge on any atom is 0.222 e. The van der Waals surface area contributed by atoms with Gasteiger partial charge in [-0.3, -0.25) is 0 Å². The summed E-state index contributed by atoms with van der Waals surface area (Å²) in [7, 11) is 0. The molecule has 0 aliphatic heterocycles. The Kier molecular flexibility index (Phi) is 2.33. The molecule has 0 saturated heterocycles. The van der Waals surface area contributed by atoms with E-state index in [9.17, 15) is 0 Å². The van der Waals surface area contributed by atoms with Crippen LogP contribution in [-0.4, -0.2) is 19.5 Å². The minimum Gasteiger partial charge on any atom is -0.399 e. The highest BCUT2D eigenvalue weighted by Gasteiger charge is 2.05. The van der Waals surface area contributed by atoms with Gasteiger partial charge in [0, 0.05) is 5.69 Å². The topological polar surface area (TPSA) is 95.6 Å². The van der Waals surface area contributed by atoms with Gasteiger partial charge in [0.25, 0.3) is 0 Å². The molecule has 3 aromatic rings. The smallest absolute Gasteiger partial charge is 0.222 e. The van der Waals surface area contributed by atoms with E-state index in [-0.39, 0.29) is 5.95 Å². The third-order valence-electron chi connectivity index (χ3n) is 2.71. The molecule has 4 N–H and O–H groups in total. The van der Waals surface area contributed by atoms with Crippen molar-refractivity contribution < 1.29 is 0 Å². The number of imidazole rings is 1. The van der Waals surface area contributed by atoms with E-state index in [4.69, 9.17) is 11.5 Å². The first kappa shape index (κ1) is 10.5. The lowest BCUT2D eigenvalue weighted by atomic mass is 10.2. The lowest BCUT2D eigenvalue weighted by Gasteiger charge is -2.04. The molecule has 6 heteroatoms. The van der Waals surface area contributed by atoms with Crippen LogP contribution in [0.15, 0.2) is 36.8 Å². The van der Waals surface area contributed by atoms with Gasteiger partial charge < -0.3 is 16.0 Å². The largest absolute Gasteiger partial charge is 0.399 e. The summed E-state index contributed by atoms with van der Waals surface area (Å²) in [4.78, 5) is 12.3. The summed E-state index contributed by atoms with van der Waals surface area (Å²) in [5.41, 5.74) is 14.6. The summed E-state index contributed by atoms with van der Waals surface area (Å²) in [5.74, 6) is 0.251. The van der Waals surface area contributed by atoms with Crippen LogP contribution in [0.3, 0.4) is 0 Å². The Morgan fingerprint density at radius 3 is 2.61 bits per heavy atom. The molecule has 0 amide bonds. The molecule has 2 aromatic heterocycles. The molecule has 1 aromatic carbocycles. The molecular formula is C12H12N6. The Balaban J connectivity index is 1.99. The Morgan fingerprint density at radius 2 is 1.83 bits per heavy atom. The third kappa shape index (κ3) is 1.84. The maximum absolute atomic E-state index is 5.65. The van der Waals surface area contributed by atoms with Crippen LogP contribution in [0.4, 0.5) is 11.6 Å². The lowest BCUT2D eigenvalue weighted by Crippen LogP contribution is -2.01. The fourth-order valence-electron chi connectivity index (χ4n) is 1.80. The van der Waals surface area contributed by atoms with Crippen LogP contribution >= 0.6 is 0 Å². The van der Waals surface area contributed by atoms with Crippen molar-refractivity contribution in [2.24, 2.45) is 0 Å². The van der Waals surface area contributed by atoms with Gasteiger partial charge in [-0.1, -0.05) is 12.1 Å². The van der Waals surface area contributed by atoms with Gasteiger partial charge in [0.2, 0.25) is 5.95 Å². The summed E-state index contributed by atoms with van der Waals surface area (Å²) in [6.07, 6.45) is 3.35. The van der Waals surface area contributed by atoms with Gasteiger partial charge in [0.1, 0.15) is 5.52 Å². The highest BCUT2D eigenvalue weighted by atomic mass is 15.1. The SMILES string of the molecule is Nc1ccc(Cn2cnc3cnc(N)nc32)cc1. The molecule has 0 radical (unpaired) electrons. The van der Waals surface area contributed by atoms with E-state index in [1.165, 1.54) is 0 Å². The molecule has 0 fully saturated rings. The predicted octanol–water partition coefficient (Wildman–Crippen LogP) is 1.04. The average Bonchev–Trinajstić information content (AvgIpc) is 2.75. The number of rotatable bonds is 2. The third-order valence-corrected chi connectivity index (χ3v) is 2.71. The van der Waals surface area contributed by atoms with Crippen LogP contribution in [0.25, 0.3) is 11.2 Å². The van der Waals surface area contributed by atoms with E-state index >= 15 is 0 Å². The number of hydrogen-bond acceptors (Lipinski definition) is 5. The maximum atomic E-state index is 5.65. The fraction of sp³-hybridized carbons (Fsp3) is 0.0833. The number of benzene rings is 1. The number of hydrogen-bond donors (Lipinski definition) is 2. The van der Waals surface area contributed by atoms with Crippen LogP contribution < -0.4 is 11.5 Å². The van der Waals surface area contributed by atoms with Crippen molar-refractivity contribution in [3.05, 3.63) is 42.4 Å². The van der Waals surface area contributed by atoms with Gasteiger partial charge in [0.15, 0.2) is 5.65 Å². The molecule has 90 valence electrons. The van der Waals surface area contributed by atoms with Crippen molar-refractivity contribution in [3.8, 4) is 0 Å². The number of aromatic nitrogens is 4. The van der Waals surface area contributed by atoms with E-state index in [1.807, 2.05) is 28.8 Å². The quantitative estimate of drug-likeness (QED) is 0.652. The highest BCUT2D eigenvalue weighted by molar-refractivity contribution is 5.70.